The molecule has 31 heavy (non-hydrogen) atoms. The molecule has 8 heteroatoms. The Morgan fingerprint density at radius 2 is 2.10 bits per heavy atom. The summed E-state index contributed by atoms with van der Waals surface area (Å²) in [4.78, 5) is 19.1. The maximum Gasteiger partial charge on any atom is 0.256 e. The molecule has 1 amide bonds. The van der Waals surface area contributed by atoms with E-state index in [0.29, 0.717) is 35.3 Å². The smallest absolute Gasteiger partial charge is 0.256 e. The van der Waals surface area contributed by atoms with Crippen LogP contribution < -0.4 is 5.32 Å². The van der Waals surface area contributed by atoms with Gasteiger partial charge in [0, 0.05) is 50.2 Å². The van der Waals surface area contributed by atoms with Crippen molar-refractivity contribution in [2.24, 2.45) is 0 Å². The zero-order valence-corrected chi connectivity index (χ0v) is 18.6. The van der Waals surface area contributed by atoms with Crippen LogP contribution in [0.2, 0.25) is 5.02 Å². The van der Waals surface area contributed by atoms with Crippen molar-refractivity contribution in [1.82, 2.24) is 15.2 Å². The molecular weight excluding hydrogens is 418 g/mol. The minimum Gasteiger partial charge on any atom is -0.384 e. The van der Waals surface area contributed by atoms with E-state index < -0.39 is 11.8 Å². The molecule has 1 aromatic carbocycles. The number of rotatable bonds is 7. The minimum absolute atomic E-state index is 0.145. The summed E-state index contributed by atoms with van der Waals surface area (Å²) in [5.74, 6) is -0.145. The average molecular weight is 446 g/mol. The molecule has 2 unspecified atom stereocenters. The number of carbonyl (C=O) groups is 1. The highest BCUT2D eigenvalue weighted by Gasteiger charge is 2.38. The van der Waals surface area contributed by atoms with Crippen LogP contribution in [0.3, 0.4) is 0 Å². The summed E-state index contributed by atoms with van der Waals surface area (Å²) in [6, 6.07) is 9.40. The van der Waals surface area contributed by atoms with Gasteiger partial charge in [0.05, 0.1) is 22.9 Å². The summed E-state index contributed by atoms with van der Waals surface area (Å²) in [6.45, 7) is 3.95. The van der Waals surface area contributed by atoms with Gasteiger partial charge in [0.25, 0.3) is 5.91 Å². The first-order valence-corrected chi connectivity index (χ1v) is 10.9. The second kappa shape index (κ2) is 9.22. The Morgan fingerprint density at radius 1 is 1.32 bits per heavy atom. The fraction of sp³-hybridized carbons (Fsp3) is 0.478. The predicted molar refractivity (Wildman–Crippen MR) is 117 cm³/mol. The number of benzene rings is 1. The molecule has 4 rings (SSSR count). The van der Waals surface area contributed by atoms with Gasteiger partial charge in [-0.3, -0.25) is 9.78 Å². The van der Waals surface area contributed by atoms with E-state index in [-0.39, 0.29) is 5.91 Å². The van der Waals surface area contributed by atoms with Crippen LogP contribution in [0, 0.1) is 0 Å². The molecule has 0 radical (unpaired) electrons. The number of methoxy groups -OCH3 is 1. The van der Waals surface area contributed by atoms with Crippen LogP contribution in [-0.2, 0) is 21.6 Å². The van der Waals surface area contributed by atoms with Gasteiger partial charge in [0.1, 0.15) is 0 Å². The van der Waals surface area contributed by atoms with E-state index in [1.165, 1.54) is 0 Å². The molecule has 7 nitrogen and oxygen atoms in total. The summed E-state index contributed by atoms with van der Waals surface area (Å²) in [5.41, 5.74) is 1.64. The van der Waals surface area contributed by atoms with E-state index in [2.05, 4.69) is 10.3 Å². The summed E-state index contributed by atoms with van der Waals surface area (Å²) < 4.78 is 11.0. The van der Waals surface area contributed by atoms with Crippen LogP contribution in [0.25, 0.3) is 0 Å². The number of halogens is 1. The second-order valence-corrected chi connectivity index (χ2v) is 8.77. The first kappa shape index (κ1) is 22.2. The number of aliphatic hydroxyl groups is 1. The van der Waals surface area contributed by atoms with Crippen molar-refractivity contribution in [1.29, 1.82) is 0 Å². The van der Waals surface area contributed by atoms with Crippen molar-refractivity contribution >= 4 is 17.5 Å². The number of pyridine rings is 1. The molecule has 1 aromatic heterocycles. The van der Waals surface area contributed by atoms with Gasteiger partial charge in [0.2, 0.25) is 0 Å². The van der Waals surface area contributed by atoms with Crippen molar-refractivity contribution in [3.8, 4) is 0 Å². The number of aromatic nitrogens is 1. The Morgan fingerprint density at radius 3 is 2.77 bits per heavy atom. The molecule has 0 saturated carbocycles. The van der Waals surface area contributed by atoms with Crippen molar-refractivity contribution in [2.75, 3.05) is 26.9 Å². The molecule has 1 fully saturated rings. The Kier molecular flexibility index (Phi) is 6.60. The number of hydrogen-bond donors (Lipinski definition) is 2. The summed E-state index contributed by atoms with van der Waals surface area (Å²) in [6.07, 6.45) is 2.93. The second-order valence-electron chi connectivity index (χ2n) is 8.33. The van der Waals surface area contributed by atoms with E-state index in [4.69, 9.17) is 21.1 Å². The topological polar surface area (TPSA) is 83.9 Å². The molecule has 1 saturated heterocycles. The van der Waals surface area contributed by atoms with Crippen LogP contribution in [0.15, 0.2) is 36.5 Å². The zero-order chi connectivity index (χ0) is 22.0. The molecule has 2 aliphatic rings. The Hall–Kier alpha value is -2.03. The van der Waals surface area contributed by atoms with Crippen LogP contribution in [0.5, 0.6) is 0 Å². The van der Waals surface area contributed by atoms with Gasteiger partial charge in [-0.1, -0.05) is 23.7 Å². The molecule has 3 heterocycles. The lowest BCUT2D eigenvalue weighted by molar-refractivity contribution is -0.0167. The van der Waals surface area contributed by atoms with Gasteiger partial charge in [-0.05, 0) is 43.5 Å². The fourth-order valence-corrected chi connectivity index (χ4v) is 4.26. The number of hydrogen-bond acceptors (Lipinski definition) is 6. The maximum atomic E-state index is 13.2. The van der Waals surface area contributed by atoms with E-state index in [1.54, 1.807) is 43.3 Å². The quantitative estimate of drug-likeness (QED) is 0.681. The highest BCUT2D eigenvalue weighted by molar-refractivity contribution is 6.30. The molecule has 0 spiro atoms. The van der Waals surface area contributed by atoms with E-state index >= 15 is 0 Å². The molecule has 2 aromatic rings. The third kappa shape index (κ3) is 4.76. The number of nitrogens with one attached hydrogen (secondary N) is 1. The van der Waals surface area contributed by atoms with Crippen LogP contribution in [0.4, 0.5) is 0 Å². The molecule has 2 atom stereocenters. The third-order valence-electron chi connectivity index (χ3n) is 6.02. The SMILES string of the molecule is COC1c2ccc(C(C)(O)CNC3CCOCC3)cc2C(=O)N1Cc1ccc(Cl)cn1. The van der Waals surface area contributed by atoms with Crippen LogP contribution >= 0.6 is 11.6 Å². The lowest BCUT2D eigenvalue weighted by atomic mass is 9.92. The Labute approximate surface area is 187 Å². The van der Waals surface area contributed by atoms with E-state index in [1.807, 2.05) is 12.1 Å². The van der Waals surface area contributed by atoms with Gasteiger partial charge in [-0.15, -0.1) is 0 Å². The van der Waals surface area contributed by atoms with Crippen molar-refractivity contribution < 1.29 is 19.4 Å². The largest absolute Gasteiger partial charge is 0.384 e. The normalized spacial score (nSPS) is 21.2. The molecule has 0 aliphatic carbocycles. The number of nitrogens with zero attached hydrogens (tertiary/aromatic N) is 2. The summed E-state index contributed by atoms with van der Waals surface area (Å²) in [5, 5.41) is 15.1. The van der Waals surface area contributed by atoms with Crippen molar-refractivity contribution in [2.45, 2.75) is 44.2 Å². The van der Waals surface area contributed by atoms with Gasteiger partial charge in [-0.25, -0.2) is 0 Å². The minimum atomic E-state index is -1.11. The number of ether oxygens (including phenoxy) is 2. The lowest BCUT2D eigenvalue weighted by Crippen LogP contribution is -2.43. The Balaban J connectivity index is 1.52. The number of fused-ring (bicyclic) bond motifs is 1. The first-order chi connectivity index (χ1) is 14.9. The molecular formula is C23H28ClN3O4. The van der Waals surface area contributed by atoms with Crippen molar-refractivity contribution in [3.63, 3.8) is 0 Å². The highest BCUT2D eigenvalue weighted by atomic mass is 35.5. The molecule has 2 N–H and O–H groups in total. The highest BCUT2D eigenvalue weighted by Crippen LogP contribution is 2.37. The van der Waals surface area contributed by atoms with E-state index in [0.717, 1.165) is 37.3 Å². The van der Waals surface area contributed by atoms with Crippen LogP contribution in [0.1, 0.15) is 53.2 Å². The number of carbonyl (C=O) groups excluding carboxylic acids is 1. The predicted octanol–water partition coefficient (Wildman–Crippen LogP) is 3.01. The van der Waals surface area contributed by atoms with Gasteiger partial charge < -0.3 is 24.8 Å². The maximum absolute atomic E-state index is 13.2. The average Bonchev–Trinajstić information content (AvgIpc) is 3.05. The molecule has 0 bridgehead atoms. The van der Waals surface area contributed by atoms with Gasteiger partial charge in [-0.2, -0.15) is 0 Å². The first-order valence-electron chi connectivity index (χ1n) is 10.5. The van der Waals surface area contributed by atoms with E-state index in [9.17, 15) is 9.90 Å². The Bertz CT molecular complexity index is 929. The third-order valence-corrected chi connectivity index (χ3v) is 6.24. The fourth-order valence-electron chi connectivity index (χ4n) is 4.15. The number of amides is 1. The summed E-state index contributed by atoms with van der Waals surface area (Å²) in [7, 11) is 1.58. The van der Waals surface area contributed by atoms with Gasteiger partial charge >= 0.3 is 0 Å². The zero-order valence-electron chi connectivity index (χ0n) is 17.8. The molecule has 166 valence electrons. The summed E-state index contributed by atoms with van der Waals surface area (Å²) >= 11 is 5.92. The molecule has 2 aliphatic heterocycles. The standard InChI is InChI=1S/C23H28ClN3O4/c1-23(29,14-26-17-7-9-31-10-8-17)15-3-6-19-20(11-15)21(28)27(22(19)30-2)13-18-5-4-16(24)12-25-18/h3-6,11-12,17,22,26,29H,7-10,13-14H2,1-2H3. The van der Waals surface area contributed by atoms with Crippen LogP contribution in [-0.4, -0.2) is 53.8 Å². The van der Waals surface area contributed by atoms with Gasteiger partial charge in [0.15, 0.2) is 6.23 Å². The van der Waals surface area contributed by atoms with Crippen molar-refractivity contribution in [3.05, 3.63) is 63.9 Å². The lowest BCUT2D eigenvalue weighted by Gasteiger charge is -2.30. The monoisotopic (exact) mass is 445 g/mol.